The van der Waals surface area contributed by atoms with Gasteiger partial charge in [0.05, 0.1) is 0 Å². The molecule has 1 heterocycles. The van der Waals surface area contributed by atoms with Crippen LogP contribution in [0.15, 0.2) is 30.0 Å². The van der Waals surface area contributed by atoms with Crippen LogP contribution >= 0.6 is 11.6 Å². The van der Waals surface area contributed by atoms with Gasteiger partial charge in [0.2, 0.25) is 0 Å². The number of aromatic nitrogens is 1. The van der Waals surface area contributed by atoms with Gasteiger partial charge in [0.25, 0.3) is 0 Å². The van der Waals surface area contributed by atoms with Crippen LogP contribution in [0.1, 0.15) is 18.9 Å². The van der Waals surface area contributed by atoms with E-state index in [0.29, 0.717) is 11.7 Å². The zero-order chi connectivity index (χ0) is 10.4. The fraction of sp³-hybridized carbons (Fsp3) is 0.364. The minimum atomic E-state index is 0.617. The number of pyridine rings is 1. The summed E-state index contributed by atoms with van der Waals surface area (Å²) in [6.07, 6.45) is 5.61. The molecule has 1 rings (SSSR count). The summed E-state index contributed by atoms with van der Waals surface area (Å²) in [7, 11) is 0. The second kappa shape index (κ2) is 5.66. The highest BCUT2D eigenvalue weighted by Crippen LogP contribution is 2.13. The van der Waals surface area contributed by atoms with Gasteiger partial charge in [-0.05, 0) is 31.4 Å². The van der Waals surface area contributed by atoms with Crippen LogP contribution in [0.4, 0.5) is 5.82 Å². The number of alkyl halides is 1. The van der Waals surface area contributed by atoms with E-state index >= 15 is 0 Å². The summed E-state index contributed by atoms with van der Waals surface area (Å²) in [4.78, 5) is 4.04. The van der Waals surface area contributed by atoms with E-state index in [1.807, 2.05) is 12.1 Å². The van der Waals surface area contributed by atoms with Crippen LogP contribution in [0.3, 0.4) is 0 Å². The highest BCUT2D eigenvalue weighted by Gasteiger charge is 1.99. The van der Waals surface area contributed by atoms with Gasteiger partial charge >= 0.3 is 0 Å². The first kappa shape index (κ1) is 11.1. The monoisotopic (exact) mass is 210 g/mol. The first-order valence-electron chi connectivity index (χ1n) is 4.65. The van der Waals surface area contributed by atoms with Crippen molar-refractivity contribution in [2.45, 2.75) is 19.8 Å². The SMILES string of the molecule is CC(=CCCCl)Cc1cccnc1N. The van der Waals surface area contributed by atoms with Gasteiger partial charge in [-0.25, -0.2) is 4.98 Å². The van der Waals surface area contributed by atoms with E-state index < -0.39 is 0 Å². The van der Waals surface area contributed by atoms with Gasteiger partial charge in [0.1, 0.15) is 5.82 Å². The molecule has 2 nitrogen and oxygen atoms in total. The number of hydrogen-bond acceptors (Lipinski definition) is 2. The van der Waals surface area contributed by atoms with Gasteiger partial charge in [-0.2, -0.15) is 0 Å². The Hall–Kier alpha value is -1.02. The predicted molar refractivity (Wildman–Crippen MR) is 61.4 cm³/mol. The molecule has 0 amide bonds. The van der Waals surface area contributed by atoms with Crippen LogP contribution in [0.2, 0.25) is 0 Å². The minimum absolute atomic E-state index is 0.617. The number of rotatable bonds is 4. The van der Waals surface area contributed by atoms with E-state index in [1.54, 1.807) is 6.20 Å². The average Bonchev–Trinajstić information content (AvgIpc) is 2.18. The highest BCUT2D eigenvalue weighted by atomic mass is 35.5. The average molecular weight is 211 g/mol. The van der Waals surface area contributed by atoms with Crippen molar-refractivity contribution in [3.63, 3.8) is 0 Å². The summed E-state index contributed by atoms with van der Waals surface area (Å²) < 4.78 is 0. The molecular weight excluding hydrogens is 196 g/mol. The zero-order valence-corrected chi connectivity index (χ0v) is 9.09. The highest BCUT2D eigenvalue weighted by molar-refractivity contribution is 6.17. The number of hydrogen-bond donors (Lipinski definition) is 1. The number of nitrogens with two attached hydrogens (primary N) is 1. The van der Waals surface area contributed by atoms with Crippen LogP contribution in [-0.4, -0.2) is 10.9 Å². The molecule has 0 fully saturated rings. The Morgan fingerprint density at radius 3 is 3.07 bits per heavy atom. The molecule has 1 aromatic heterocycles. The fourth-order valence-corrected chi connectivity index (χ4v) is 1.38. The van der Waals surface area contributed by atoms with Crippen molar-refractivity contribution in [2.75, 3.05) is 11.6 Å². The largest absolute Gasteiger partial charge is 0.383 e. The van der Waals surface area contributed by atoms with Gasteiger partial charge in [-0.3, -0.25) is 0 Å². The quantitative estimate of drug-likeness (QED) is 0.613. The van der Waals surface area contributed by atoms with Crippen LogP contribution in [0.5, 0.6) is 0 Å². The smallest absolute Gasteiger partial charge is 0.126 e. The summed E-state index contributed by atoms with van der Waals surface area (Å²) in [5.74, 6) is 1.28. The number of allylic oxidation sites excluding steroid dienone is 2. The molecule has 0 radical (unpaired) electrons. The number of nitrogen functional groups attached to an aromatic ring is 1. The van der Waals surface area contributed by atoms with Gasteiger partial charge in [-0.1, -0.05) is 17.7 Å². The first-order valence-corrected chi connectivity index (χ1v) is 5.18. The first-order chi connectivity index (χ1) is 6.74. The molecule has 0 spiro atoms. The lowest BCUT2D eigenvalue weighted by Crippen LogP contribution is -1.97. The van der Waals surface area contributed by atoms with Crippen molar-refractivity contribution < 1.29 is 0 Å². The van der Waals surface area contributed by atoms with Crippen LogP contribution in [0, 0.1) is 0 Å². The number of nitrogens with zero attached hydrogens (tertiary/aromatic N) is 1. The summed E-state index contributed by atoms with van der Waals surface area (Å²) in [5.41, 5.74) is 8.10. The minimum Gasteiger partial charge on any atom is -0.383 e. The van der Waals surface area contributed by atoms with E-state index in [9.17, 15) is 0 Å². The molecule has 0 bridgehead atoms. The molecule has 0 atom stereocenters. The fourth-order valence-electron chi connectivity index (χ4n) is 1.27. The van der Waals surface area contributed by atoms with Gasteiger partial charge < -0.3 is 5.73 Å². The molecule has 2 N–H and O–H groups in total. The summed E-state index contributed by atoms with van der Waals surface area (Å²) >= 11 is 5.60. The molecule has 0 unspecified atom stereocenters. The lowest BCUT2D eigenvalue weighted by atomic mass is 10.1. The maximum atomic E-state index is 5.73. The van der Waals surface area contributed by atoms with Gasteiger partial charge in [0, 0.05) is 12.1 Å². The van der Waals surface area contributed by atoms with Crippen molar-refractivity contribution in [1.82, 2.24) is 4.98 Å². The van der Waals surface area contributed by atoms with Crippen LogP contribution in [0.25, 0.3) is 0 Å². The molecule has 0 aliphatic heterocycles. The molecular formula is C11H15ClN2. The summed E-state index contributed by atoms with van der Waals surface area (Å²) in [6, 6.07) is 3.90. The predicted octanol–water partition coefficient (Wildman–Crippen LogP) is 2.78. The Morgan fingerprint density at radius 2 is 2.43 bits per heavy atom. The molecule has 0 aliphatic carbocycles. The third-order valence-electron chi connectivity index (χ3n) is 2.00. The zero-order valence-electron chi connectivity index (χ0n) is 8.33. The molecule has 1 aromatic rings. The van der Waals surface area contributed by atoms with Crippen molar-refractivity contribution in [1.29, 1.82) is 0 Å². The van der Waals surface area contributed by atoms with Crippen molar-refractivity contribution in [3.8, 4) is 0 Å². The molecule has 0 saturated carbocycles. The summed E-state index contributed by atoms with van der Waals surface area (Å²) in [6.45, 7) is 2.08. The molecule has 76 valence electrons. The Bertz CT molecular complexity index is 321. The van der Waals surface area contributed by atoms with Crippen molar-refractivity contribution >= 4 is 17.4 Å². The van der Waals surface area contributed by atoms with Crippen LogP contribution < -0.4 is 5.73 Å². The van der Waals surface area contributed by atoms with E-state index in [2.05, 4.69) is 18.0 Å². The molecule has 3 heteroatoms. The standard InChI is InChI=1S/C11H15ClN2/c1-9(4-2-6-12)8-10-5-3-7-14-11(10)13/h3-5,7H,2,6,8H2,1H3,(H2,13,14). The lowest BCUT2D eigenvalue weighted by Gasteiger charge is -2.04. The Kier molecular flexibility index (Phi) is 4.47. The Morgan fingerprint density at radius 1 is 1.64 bits per heavy atom. The van der Waals surface area contributed by atoms with E-state index in [1.165, 1.54) is 5.57 Å². The molecule has 0 aromatic carbocycles. The second-order valence-corrected chi connectivity index (χ2v) is 3.63. The normalized spacial score (nSPS) is 11.7. The number of halogens is 1. The second-order valence-electron chi connectivity index (χ2n) is 3.25. The van der Waals surface area contributed by atoms with E-state index in [4.69, 9.17) is 17.3 Å². The van der Waals surface area contributed by atoms with Gasteiger partial charge in [0.15, 0.2) is 0 Å². The van der Waals surface area contributed by atoms with E-state index in [0.717, 1.165) is 18.4 Å². The molecule has 0 aliphatic rings. The van der Waals surface area contributed by atoms with Gasteiger partial charge in [-0.15, -0.1) is 11.6 Å². The third kappa shape index (κ3) is 3.38. The third-order valence-corrected chi connectivity index (χ3v) is 2.22. The lowest BCUT2D eigenvalue weighted by molar-refractivity contribution is 1.08. The summed E-state index contributed by atoms with van der Waals surface area (Å²) in [5, 5.41) is 0. The van der Waals surface area contributed by atoms with Crippen LogP contribution in [-0.2, 0) is 6.42 Å². The Balaban J connectivity index is 2.64. The maximum absolute atomic E-state index is 5.73. The molecule has 14 heavy (non-hydrogen) atoms. The number of anilines is 1. The van der Waals surface area contributed by atoms with E-state index in [-0.39, 0.29) is 0 Å². The van der Waals surface area contributed by atoms with Crippen molar-refractivity contribution in [3.05, 3.63) is 35.5 Å². The van der Waals surface area contributed by atoms with Crippen molar-refractivity contribution in [2.24, 2.45) is 0 Å². The molecule has 0 saturated heterocycles. The Labute approximate surface area is 89.8 Å². The topological polar surface area (TPSA) is 38.9 Å². The maximum Gasteiger partial charge on any atom is 0.126 e.